The molecule has 2 aromatic heterocycles. The minimum atomic E-state index is -1.16. The van der Waals surface area contributed by atoms with Crippen molar-refractivity contribution in [2.75, 3.05) is 32.7 Å². The first-order valence-electron chi connectivity index (χ1n) is 8.26. The standard InChI is InChI=1S/C17H18FN5O5/c1-4-17(8-24,27-3)5-6-22-9-20-12-13-19-7-11(26-2)15(28-10-25)23(13)16(18)21-14(12)22/h1,9-10,24H,5-8H2,2-3H3/p+1. The number of nitrogens with one attached hydrogen (secondary N) is 1. The number of terminal acetylenes is 1. The predicted octanol–water partition coefficient (Wildman–Crippen LogP) is -0.370. The Morgan fingerprint density at radius 3 is 2.96 bits per heavy atom. The number of aromatic nitrogens is 4. The number of hydrogen-bond acceptors (Lipinski definition) is 8. The van der Waals surface area contributed by atoms with Crippen molar-refractivity contribution in [1.29, 1.82) is 0 Å². The Morgan fingerprint density at radius 1 is 1.57 bits per heavy atom. The summed E-state index contributed by atoms with van der Waals surface area (Å²) >= 11 is 0. The molecular weight excluding hydrogens is 373 g/mol. The third kappa shape index (κ3) is 3.12. The predicted molar refractivity (Wildman–Crippen MR) is 93.8 cm³/mol. The molecule has 1 aliphatic heterocycles. The summed E-state index contributed by atoms with van der Waals surface area (Å²) in [7, 11) is 2.79. The van der Waals surface area contributed by atoms with Gasteiger partial charge in [0.15, 0.2) is 11.1 Å². The van der Waals surface area contributed by atoms with E-state index in [0.717, 1.165) is 4.57 Å². The number of carbonyl (C=O) groups is 1. The molecule has 10 nitrogen and oxygen atoms in total. The molecular formula is C17H19FN5O5+. The normalized spacial score (nSPS) is 15.4. The minimum Gasteiger partial charge on any atom is -0.492 e. The second-order valence-electron chi connectivity index (χ2n) is 5.93. The molecule has 0 aliphatic carbocycles. The van der Waals surface area contributed by atoms with Crippen LogP contribution in [0, 0.1) is 18.4 Å². The third-order valence-electron chi connectivity index (χ3n) is 4.57. The number of aliphatic hydroxyl groups is 1. The molecule has 148 valence electrons. The van der Waals surface area contributed by atoms with Crippen LogP contribution >= 0.6 is 0 Å². The van der Waals surface area contributed by atoms with Crippen molar-refractivity contribution in [3.63, 3.8) is 0 Å². The van der Waals surface area contributed by atoms with Crippen LogP contribution in [0.2, 0.25) is 0 Å². The van der Waals surface area contributed by atoms with Gasteiger partial charge in [-0.2, -0.15) is 0 Å². The molecule has 0 saturated heterocycles. The molecule has 0 aromatic carbocycles. The Hall–Kier alpha value is -3.23. The maximum absolute atomic E-state index is 14.8. The Bertz CT molecular complexity index is 976. The van der Waals surface area contributed by atoms with Crippen LogP contribution in [-0.2, 0) is 25.5 Å². The second-order valence-corrected chi connectivity index (χ2v) is 5.93. The Morgan fingerprint density at radius 2 is 2.36 bits per heavy atom. The van der Waals surface area contributed by atoms with Gasteiger partial charge in [-0.05, 0) is 0 Å². The Labute approximate surface area is 159 Å². The fraction of sp³-hybridized carbons (Fsp3) is 0.412. The molecule has 1 aliphatic rings. The summed E-state index contributed by atoms with van der Waals surface area (Å²) in [6.45, 7) is 0.261. The lowest BCUT2D eigenvalue weighted by Crippen LogP contribution is -2.47. The summed E-state index contributed by atoms with van der Waals surface area (Å²) in [4.78, 5) is 19.1. The molecule has 1 atom stereocenters. The number of hydrogen-bond donors (Lipinski definition) is 2. The molecule has 28 heavy (non-hydrogen) atoms. The zero-order valence-corrected chi connectivity index (χ0v) is 15.3. The topological polar surface area (TPSA) is 112 Å². The lowest BCUT2D eigenvalue weighted by Gasteiger charge is -2.24. The lowest BCUT2D eigenvalue weighted by atomic mass is 10.0. The number of imidazole rings is 1. The van der Waals surface area contributed by atoms with Gasteiger partial charge >= 0.3 is 18.4 Å². The number of carbonyl (C=O) groups excluding carboxylic acids is 1. The van der Waals surface area contributed by atoms with Crippen molar-refractivity contribution < 1.29 is 33.1 Å². The van der Waals surface area contributed by atoms with E-state index in [2.05, 4.69) is 21.2 Å². The monoisotopic (exact) mass is 392 g/mol. The van der Waals surface area contributed by atoms with E-state index >= 15 is 0 Å². The highest BCUT2D eigenvalue weighted by atomic mass is 19.1. The van der Waals surface area contributed by atoms with Crippen LogP contribution in [0.15, 0.2) is 12.1 Å². The highest BCUT2D eigenvalue weighted by Crippen LogP contribution is 2.25. The van der Waals surface area contributed by atoms with Crippen LogP contribution in [0.4, 0.5) is 10.2 Å². The van der Waals surface area contributed by atoms with E-state index in [1.807, 2.05) is 0 Å². The maximum Gasteiger partial charge on any atom is 0.433 e. The van der Waals surface area contributed by atoms with E-state index in [4.69, 9.17) is 20.6 Å². The zero-order chi connectivity index (χ0) is 20.3. The van der Waals surface area contributed by atoms with Crippen LogP contribution in [-0.4, -0.2) is 59.1 Å². The first kappa shape index (κ1) is 19.5. The van der Waals surface area contributed by atoms with Crippen LogP contribution in [0.25, 0.3) is 17.0 Å². The molecule has 0 radical (unpaired) electrons. The van der Waals surface area contributed by atoms with Crippen molar-refractivity contribution in [2.24, 2.45) is 0 Å². The van der Waals surface area contributed by atoms with Gasteiger partial charge in [-0.15, -0.1) is 15.4 Å². The highest BCUT2D eigenvalue weighted by molar-refractivity contribution is 5.82. The van der Waals surface area contributed by atoms with E-state index in [0.29, 0.717) is 5.52 Å². The number of anilines is 1. The number of halogens is 1. The van der Waals surface area contributed by atoms with Crippen molar-refractivity contribution in [2.45, 2.75) is 18.6 Å². The van der Waals surface area contributed by atoms with Gasteiger partial charge in [-0.3, -0.25) is 10.1 Å². The van der Waals surface area contributed by atoms with Crippen LogP contribution in [0.1, 0.15) is 6.42 Å². The van der Waals surface area contributed by atoms with Gasteiger partial charge in [0, 0.05) is 20.1 Å². The molecule has 2 N–H and O–H groups in total. The average molecular weight is 392 g/mol. The molecule has 3 rings (SSSR count). The summed E-state index contributed by atoms with van der Waals surface area (Å²) in [5, 5.41) is 12.5. The third-order valence-corrected chi connectivity index (χ3v) is 4.57. The molecule has 11 heteroatoms. The second kappa shape index (κ2) is 7.79. The molecule has 3 heterocycles. The van der Waals surface area contributed by atoms with Gasteiger partial charge < -0.3 is 23.9 Å². The largest absolute Gasteiger partial charge is 0.492 e. The summed E-state index contributed by atoms with van der Waals surface area (Å²) < 4.78 is 32.6. The van der Waals surface area contributed by atoms with E-state index < -0.39 is 11.7 Å². The van der Waals surface area contributed by atoms with Crippen molar-refractivity contribution in [1.82, 2.24) is 14.5 Å². The lowest BCUT2D eigenvalue weighted by molar-refractivity contribution is -0.621. The molecule has 0 saturated carbocycles. The van der Waals surface area contributed by atoms with Crippen molar-refractivity contribution in [3.05, 3.63) is 18.2 Å². The maximum atomic E-state index is 14.8. The van der Waals surface area contributed by atoms with Gasteiger partial charge in [0.1, 0.15) is 6.54 Å². The number of aliphatic hydroxyl groups excluding tert-OH is 1. The first-order valence-corrected chi connectivity index (χ1v) is 8.26. The molecule has 1 unspecified atom stereocenters. The van der Waals surface area contributed by atoms with Gasteiger partial charge in [-0.25, -0.2) is 4.98 Å². The number of nitrogens with zero attached hydrogens (tertiary/aromatic N) is 4. The van der Waals surface area contributed by atoms with E-state index in [1.54, 1.807) is 4.57 Å². The average Bonchev–Trinajstić information content (AvgIpc) is 3.12. The number of aryl methyl sites for hydroxylation is 1. The van der Waals surface area contributed by atoms with Crippen molar-refractivity contribution in [3.8, 4) is 12.3 Å². The highest BCUT2D eigenvalue weighted by Gasteiger charge is 2.35. The van der Waals surface area contributed by atoms with E-state index in [-0.39, 0.29) is 55.7 Å². The smallest absolute Gasteiger partial charge is 0.433 e. The molecule has 0 bridgehead atoms. The molecule has 0 amide bonds. The Balaban J connectivity index is 2.05. The molecule has 2 aromatic rings. The van der Waals surface area contributed by atoms with E-state index in [1.165, 1.54) is 20.5 Å². The number of rotatable bonds is 8. The van der Waals surface area contributed by atoms with Crippen molar-refractivity contribution >= 4 is 29.3 Å². The van der Waals surface area contributed by atoms with Crippen LogP contribution in [0.5, 0.6) is 0 Å². The number of ether oxygens (including phenoxy) is 3. The number of fused-ring (bicyclic) bond motifs is 3. The van der Waals surface area contributed by atoms with E-state index in [9.17, 15) is 14.3 Å². The minimum absolute atomic E-state index is 0.126. The molecule has 0 fully saturated rings. The molecule has 0 spiro atoms. The van der Waals surface area contributed by atoms with Crippen LogP contribution in [0.3, 0.4) is 0 Å². The fourth-order valence-electron chi connectivity index (χ4n) is 2.92. The summed E-state index contributed by atoms with van der Waals surface area (Å²) in [5.41, 5.74) is -0.545. The van der Waals surface area contributed by atoms with Crippen LogP contribution < -0.4 is 9.88 Å². The van der Waals surface area contributed by atoms with Gasteiger partial charge in [0.2, 0.25) is 11.4 Å². The quantitative estimate of drug-likeness (QED) is 0.271. The fourth-order valence-corrected chi connectivity index (χ4v) is 2.92. The summed E-state index contributed by atoms with van der Waals surface area (Å²) in [6, 6.07) is 0. The zero-order valence-electron chi connectivity index (χ0n) is 15.3. The first-order chi connectivity index (χ1) is 13.5. The van der Waals surface area contributed by atoms with Gasteiger partial charge in [0.25, 0.3) is 5.82 Å². The summed E-state index contributed by atoms with van der Waals surface area (Å²) in [5.74, 6) is 2.79. The van der Waals surface area contributed by atoms with Gasteiger partial charge in [0.05, 0.1) is 20.0 Å². The summed E-state index contributed by atoms with van der Waals surface area (Å²) in [6.07, 6.45) is 6.26. The van der Waals surface area contributed by atoms with Gasteiger partial charge in [-0.1, -0.05) is 10.9 Å². The SMILES string of the molecule is C#CC(CO)(CCn1cnc2c3[n+](c(F)nc21)C(OC=O)=C(OC)CN3)OC. The Kier molecular flexibility index (Phi) is 5.43. The number of methoxy groups -OCH3 is 2.